The number of likely N-dealkylation sites (tertiary alicyclic amines) is 1. The summed E-state index contributed by atoms with van der Waals surface area (Å²) in [7, 11) is 0. The predicted molar refractivity (Wildman–Crippen MR) is 87.8 cm³/mol. The Bertz CT molecular complexity index is 668. The van der Waals surface area contributed by atoms with E-state index in [2.05, 4.69) is 25.3 Å². The average Bonchev–Trinajstić information content (AvgIpc) is 3.27. The van der Waals surface area contributed by atoms with Gasteiger partial charge >= 0.3 is 0 Å². The molecular formula is C17H22FN5O. The highest BCUT2D eigenvalue weighted by Crippen LogP contribution is 2.20. The molecular weight excluding hydrogens is 309 g/mol. The van der Waals surface area contributed by atoms with Crippen molar-refractivity contribution >= 4 is 0 Å². The van der Waals surface area contributed by atoms with Crippen LogP contribution in [0.3, 0.4) is 0 Å². The van der Waals surface area contributed by atoms with E-state index >= 15 is 0 Å². The molecule has 0 aliphatic carbocycles. The van der Waals surface area contributed by atoms with Gasteiger partial charge in [0, 0.05) is 50.9 Å². The fourth-order valence-corrected chi connectivity index (χ4v) is 3.53. The molecule has 24 heavy (non-hydrogen) atoms. The highest BCUT2D eigenvalue weighted by molar-refractivity contribution is 5.53. The number of nitrogens with one attached hydrogen (secondary N) is 1. The van der Waals surface area contributed by atoms with Gasteiger partial charge in [0.05, 0.1) is 6.54 Å². The van der Waals surface area contributed by atoms with E-state index in [9.17, 15) is 4.39 Å². The van der Waals surface area contributed by atoms with Gasteiger partial charge in [0.15, 0.2) is 0 Å². The number of rotatable bonds is 4. The normalized spacial score (nSPS) is 23.0. The van der Waals surface area contributed by atoms with Gasteiger partial charge in [0.25, 0.3) is 0 Å². The van der Waals surface area contributed by atoms with E-state index in [4.69, 9.17) is 4.52 Å². The van der Waals surface area contributed by atoms with Gasteiger partial charge in [-0.2, -0.15) is 4.98 Å². The lowest BCUT2D eigenvalue weighted by Gasteiger charge is -2.32. The predicted octanol–water partition coefficient (Wildman–Crippen LogP) is 1.36. The van der Waals surface area contributed by atoms with Crippen LogP contribution in [0, 0.1) is 5.82 Å². The van der Waals surface area contributed by atoms with Crippen LogP contribution in [0.2, 0.25) is 0 Å². The molecule has 7 heteroatoms. The summed E-state index contributed by atoms with van der Waals surface area (Å²) in [6.07, 6.45) is 1.19. The number of nitrogens with zero attached hydrogens (tertiary/aromatic N) is 4. The van der Waals surface area contributed by atoms with Crippen LogP contribution >= 0.6 is 0 Å². The molecule has 2 aromatic rings. The van der Waals surface area contributed by atoms with Crippen LogP contribution in [0.25, 0.3) is 11.4 Å². The second kappa shape index (κ2) is 6.96. The molecule has 0 radical (unpaired) electrons. The molecule has 0 amide bonds. The van der Waals surface area contributed by atoms with E-state index in [1.807, 2.05) is 0 Å². The summed E-state index contributed by atoms with van der Waals surface area (Å²) in [6, 6.07) is 6.78. The van der Waals surface area contributed by atoms with Crippen LogP contribution in [0.1, 0.15) is 12.3 Å². The van der Waals surface area contributed by atoms with Crippen molar-refractivity contribution in [1.82, 2.24) is 25.3 Å². The maximum absolute atomic E-state index is 13.0. The number of aromatic nitrogens is 2. The second-order valence-electron chi connectivity index (χ2n) is 6.48. The van der Waals surface area contributed by atoms with Crippen molar-refractivity contribution in [3.8, 4) is 11.4 Å². The van der Waals surface area contributed by atoms with Gasteiger partial charge < -0.3 is 9.84 Å². The topological polar surface area (TPSA) is 57.4 Å². The van der Waals surface area contributed by atoms with Crippen molar-refractivity contribution < 1.29 is 8.91 Å². The quantitative estimate of drug-likeness (QED) is 0.913. The van der Waals surface area contributed by atoms with Crippen molar-refractivity contribution in [2.24, 2.45) is 0 Å². The lowest BCUT2D eigenvalue weighted by atomic mass is 10.2. The van der Waals surface area contributed by atoms with Crippen LogP contribution in [-0.4, -0.2) is 65.3 Å². The standard InChI is InChI=1S/C17H22FN5O/c18-14-3-1-13(2-4-14)17-20-16(24-21-17)12-22-8-5-15(11-22)23-9-6-19-7-10-23/h1-4,15,19H,5-12H2. The molecule has 1 unspecified atom stereocenters. The summed E-state index contributed by atoms with van der Waals surface area (Å²) in [5, 5.41) is 7.41. The second-order valence-corrected chi connectivity index (χ2v) is 6.48. The molecule has 2 aliphatic rings. The minimum atomic E-state index is -0.265. The Hall–Kier alpha value is -1.83. The lowest BCUT2D eigenvalue weighted by Crippen LogP contribution is -2.49. The molecule has 0 bridgehead atoms. The average molecular weight is 331 g/mol. The summed E-state index contributed by atoms with van der Waals surface area (Å²) < 4.78 is 18.4. The zero-order valence-corrected chi connectivity index (χ0v) is 13.6. The Labute approximate surface area is 140 Å². The SMILES string of the molecule is Fc1ccc(-c2noc(CN3CCC(N4CCNCC4)C3)n2)cc1. The third-order valence-corrected chi connectivity index (χ3v) is 4.84. The molecule has 6 nitrogen and oxygen atoms in total. The van der Waals surface area contributed by atoms with Crippen LogP contribution in [0.15, 0.2) is 28.8 Å². The fourth-order valence-electron chi connectivity index (χ4n) is 3.53. The Morgan fingerprint density at radius 1 is 1.17 bits per heavy atom. The number of hydrogen-bond donors (Lipinski definition) is 1. The molecule has 1 N–H and O–H groups in total. The van der Waals surface area contributed by atoms with E-state index in [0.29, 0.717) is 24.3 Å². The molecule has 2 saturated heterocycles. The molecule has 128 valence electrons. The molecule has 1 aromatic heterocycles. The number of piperazine rings is 1. The Morgan fingerprint density at radius 3 is 2.75 bits per heavy atom. The molecule has 1 atom stereocenters. The van der Waals surface area contributed by atoms with E-state index in [1.165, 1.54) is 18.6 Å². The summed E-state index contributed by atoms with van der Waals surface area (Å²) in [6.45, 7) is 7.22. The van der Waals surface area contributed by atoms with Gasteiger partial charge in [-0.05, 0) is 30.7 Å². The third-order valence-electron chi connectivity index (χ3n) is 4.84. The summed E-state index contributed by atoms with van der Waals surface area (Å²) in [5.74, 6) is 0.872. The van der Waals surface area contributed by atoms with Crippen LogP contribution in [0.5, 0.6) is 0 Å². The smallest absolute Gasteiger partial charge is 0.241 e. The number of benzene rings is 1. The van der Waals surface area contributed by atoms with E-state index < -0.39 is 0 Å². The van der Waals surface area contributed by atoms with E-state index in [0.717, 1.165) is 44.8 Å². The van der Waals surface area contributed by atoms with Gasteiger partial charge in [-0.1, -0.05) is 5.16 Å². The minimum absolute atomic E-state index is 0.265. The Morgan fingerprint density at radius 2 is 1.96 bits per heavy atom. The van der Waals surface area contributed by atoms with Crippen molar-refractivity contribution in [1.29, 1.82) is 0 Å². The van der Waals surface area contributed by atoms with Crippen molar-refractivity contribution in [2.75, 3.05) is 39.3 Å². The Balaban J connectivity index is 1.35. The van der Waals surface area contributed by atoms with Gasteiger partial charge in [-0.15, -0.1) is 0 Å². The first-order valence-electron chi connectivity index (χ1n) is 8.53. The summed E-state index contributed by atoms with van der Waals surface area (Å²) >= 11 is 0. The molecule has 2 aliphatic heterocycles. The van der Waals surface area contributed by atoms with Gasteiger partial charge in [0.1, 0.15) is 5.82 Å². The Kier molecular flexibility index (Phi) is 4.55. The molecule has 0 saturated carbocycles. The largest absolute Gasteiger partial charge is 0.338 e. The van der Waals surface area contributed by atoms with E-state index in [-0.39, 0.29) is 5.82 Å². The maximum atomic E-state index is 13.0. The highest BCUT2D eigenvalue weighted by Gasteiger charge is 2.29. The van der Waals surface area contributed by atoms with Gasteiger partial charge in [-0.3, -0.25) is 9.80 Å². The lowest BCUT2D eigenvalue weighted by molar-refractivity contribution is 0.167. The first-order chi connectivity index (χ1) is 11.8. The van der Waals surface area contributed by atoms with Crippen molar-refractivity contribution in [3.05, 3.63) is 36.0 Å². The van der Waals surface area contributed by atoms with E-state index in [1.54, 1.807) is 12.1 Å². The molecule has 2 fully saturated rings. The first kappa shape index (κ1) is 15.7. The first-order valence-corrected chi connectivity index (χ1v) is 8.53. The van der Waals surface area contributed by atoms with Crippen LogP contribution < -0.4 is 5.32 Å². The van der Waals surface area contributed by atoms with Crippen molar-refractivity contribution in [2.45, 2.75) is 19.0 Å². The molecule has 0 spiro atoms. The van der Waals surface area contributed by atoms with Gasteiger partial charge in [0.2, 0.25) is 11.7 Å². The summed E-state index contributed by atoms with van der Waals surface area (Å²) in [5.41, 5.74) is 0.770. The van der Waals surface area contributed by atoms with Crippen LogP contribution in [0.4, 0.5) is 4.39 Å². The van der Waals surface area contributed by atoms with Crippen LogP contribution in [-0.2, 0) is 6.54 Å². The zero-order chi connectivity index (χ0) is 16.4. The minimum Gasteiger partial charge on any atom is -0.338 e. The monoisotopic (exact) mass is 331 g/mol. The number of halogens is 1. The highest BCUT2D eigenvalue weighted by atomic mass is 19.1. The zero-order valence-electron chi connectivity index (χ0n) is 13.6. The third kappa shape index (κ3) is 3.48. The summed E-state index contributed by atoms with van der Waals surface area (Å²) in [4.78, 5) is 9.39. The molecule has 4 rings (SSSR count). The maximum Gasteiger partial charge on any atom is 0.241 e. The fraction of sp³-hybridized carbons (Fsp3) is 0.529. The van der Waals surface area contributed by atoms with Crippen molar-refractivity contribution in [3.63, 3.8) is 0 Å². The molecule has 3 heterocycles. The molecule has 1 aromatic carbocycles. The number of hydrogen-bond acceptors (Lipinski definition) is 6. The van der Waals surface area contributed by atoms with Gasteiger partial charge in [-0.25, -0.2) is 4.39 Å².